The van der Waals surface area contributed by atoms with Gasteiger partial charge in [0.25, 0.3) is 0 Å². The fourth-order valence-corrected chi connectivity index (χ4v) is 1.74. The van der Waals surface area contributed by atoms with Crippen molar-refractivity contribution in [3.05, 3.63) is 53.2 Å². The molecule has 2 nitrogen and oxygen atoms in total. The summed E-state index contributed by atoms with van der Waals surface area (Å²) in [6.07, 6.45) is 1.88. The molecule has 0 unspecified atom stereocenters. The molecule has 0 aliphatic rings. The molecule has 0 saturated heterocycles. The van der Waals surface area contributed by atoms with Gasteiger partial charge in [-0.15, -0.1) is 0 Å². The first-order chi connectivity index (χ1) is 8.58. The molecular formula is C16H19NO. The fourth-order valence-electron chi connectivity index (χ4n) is 1.74. The van der Waals surface area contributed by atoms with E-state index in [9.17, 15) is 0 Å². The van der Waals surface area contributed by atoms with Gasteiger partial charge in [-0.2, -0.15) is 0 Å². The summed E-state index contributed by atoms with van der Waals surface area (Å²) in [7, 11) is 0. The van der Waals surface area contributed by atoms with Gasteiger partial charge in [0.1, 0.15) is 5.75 Å². The summed E-state index contributed by atoms with van der Waals surface area (Å²) in [6.45, 7) is 8.45. The largest absolute Gasteiger partial charge is 0.439 e. The highest BCUT2D eigenvalue weighted by molar-refractivity contribution is 5.40. The number of ether oxygens (including phenoxy) is 1. The third-order valence-corrected chi connectivity index (χ3v) is 3.20. The van der Waals surface area contributed by atoms with Crippen LogP contribution in [0, 0.1) is 13.8 Å². The third-order valence-electron chi connectivity index (χ3n) is 3.20. The van der Waals surface area contributed by atoms with Crippen molar-refractivity contribution in [3.63, 3.8) is 0 Å². The molecule has 0 aliphatic heterocycles. The van der Waals surface area contributed by atoms with Crippen molar-refractivity contribution in [2.45, 2.75) is 33.6 Å². The number of pyridine rings is 1. The Bertz CT molecular complexity index is 529. The zero-order valence-corrected chi connectivity index (χ0v) is 11.4. The van der Waals surface area contributed by atoms with Gasteiger partial charge < -0.3 is 4.74 Å². The fraction of sp³-hybridized carbons (Fsp3) is 0.312. The van der Waals surface area contributed by atoms with E-state index in [0.717, 1.165) is 11.3 Å². The number of nitrogens with zero attached hydrogens (tertiary/aromatic N) is 1. The van der Waals surface area contributed by atoms with E-state index in [0.29, 0.717) is 11.8 Å². The second kappa shape index (κ2) is 5.21. The minimum Gasteiger partial charge on any atom is -0.439 e. The molecule has 1 aromatic carbocycles. The summed E-state index contributed by atoms with van der Waals surface area (Å²) in [5.74, 6) is 2.01. The number of aromatic nitrogens is 1. The quantitative estimate of drug-likeness (QED) is 0.782. The lowest BCUT2D eigenvalue weighted by molar-refractivity contribution is 0.458. The minimum absolute atomic E-state index is 0.493. The van der Waals surface area contributed by atoms with Crippen LogP contribution in [0.2, 0.25) is 0 Å². The van der Waals surface area contributed by atoms with Gasteiger partial charge in [-0.3, -0.25) is 0 Å². The molecule has 2 aromatic rings. The first-order valence-corrected chi connectivity index (χ1v) is 6.28. The van der Waals surface area contributed by atoms with E-state index in [4.69, 9.17) is 4.74 Å². The number of benzene rings is 1. The zero-order chi connectivity index (χ0) is 13.1. The Morgan fingerprint density at radius 3 is 2.44 bits per heavy atom. The van der Waals surface area contributed by atoms with Crippen molar-refractivity contribution >= 4 is 0 Å². The molecule has 0 aliphatic carbocycles. The maximum atomic E-state index is 5.81. The van der Waals surface area contributed by atoms with E-state index in [2.05, 4.69) is 44.8 Å². The van der Waals surface area contributed by atoms with Gasteiger partial charge in [-0.05, 0) is 42.5 Å². The molecule has 0 N–H and O–H groups in total. The van der Waals surface area contributed by atoms with Crippen molar-refractivity contribution < 1.29 is 4.74 Å². The Balaban J connectivity index is 2.21. The van der Waals surface area contributed by atoms with Gasteiger partial charge in [0, 0.05) is 12.3 Å². The Labute approximate surface area is 109 Å². The zero-order valence-electron chi connectivity index (χ0n) is 11.4. The summed E-state index contributed by atoms with van der Waals surface area (Å²) < 4.78 is 5.81. The average molecular weight is 241 g/mol. The number of rotatable bonds is 3. The first kappa shape index (κ1) is 12.6. The van der Waals surface area contributed by atoms with Crippen LogP contribution < -0.4 is 4.74 Å². The molecule has 0 fully saturated rings. The lowest BCUT2D eigenvalue weighted by Gasteiger charge is -2.10. The van der Waals surface area contributed by atoms with Crippen molar-refractivity contribution in [3.8, 4) is 11.6 Å². The number of hydrogen-bond donors (Lipinski definition) is 0. The van der Waals surface area contributed by atoms with Gasteiger partial charge in [0.15, 0.2) is 0 Å². The number of aryl methyl sites for hydroxylation is 1. The van der Waals surface area contributed by atoms with Crippen LogP contribution in [-0.4, -0.2) is 4.98 Å². The van der Waals surface area contributed by atoms with Crippen LogP contribution in [0.3, 0.4) is 0 Å². The Kier molecular flexibility index (Phi) is 3.66. The van der Waals surface area contributed by atoms with Crippen LogP contribution in [0.1, 0.15) is 36.5 Å². The molecular weight excluding hydrogens is 222 g/mol. The number of hydrogen-bond acceptors (Lipinski definition) is 2. The monoisotopic (exact) mass is 241 g/mol. The van der Waals surface area contributed by atoms with Gasteiger partial charge in [-0.1, -0.05) is 32.0 Å². The molecule has 1 aromatic heterocycles. The first-order valence-electron chi connectivity index (χ1n) is 6.28. The molecule has 0 spiro atoms. The molecule has 0 atom stereocenters. The molecule has 0 saturated carbocycles. The second-order valence-corrected chi connectivity index (χ2v) is 4.88. The van der Waals surface area contributed by atoms with E-state index in [1.54, 1.807) is 0 Å². The molecule has 0 bridgehead atoms. The molecule has 0 radical (unpaired) electrons. The third kappa shape index (κ3) is 2.70. The molecule has 94 valence electrons. The Hall–Kier alpha value is -1.83. The van der Waals surface area contributed by atoms with Crippen LogP contribution in [0.5, 0.6) is 11.6 Å². The molecule has 0 amide bonds. The standard InChI is InChI=1S/C16H19NO/c1-11(2)14-8-9-16(17-10-14)18-15-7-5-6-12(3)13(15)4/h5-11H,1-4H3. The molecule has 2 rings (SSSR count). The topological polar surface area (TPSA) is 22.1 Å². The summed E-state index contributed by atoms with van der Waals surface area (Å²) in [6, 6.07) is 10.0. The second-order valence-electron chi connectivity index (χ2n) is 4.88. The lowest BCUT2D eigenvalue weighted by atomic mass is 10.1. The normalized spacial score (nSPS) is 10.7. The Morgan fingerprint density at radius 2 is 1.83 bits per heavy atom. The van der Waals surface area contributed by atoms with Crippen LogP contribution in [0.4, 0.5) is 0 Å². The van der Waals surface area contributed by atoms with E-state index in [1.807, 2.05) is 24.4 Å². The lowest BCUT2D eigenvalue weighted by Crippen LogP contribution is -1.94. The summed E-state index contributed by atoms with van der Waals surface area (Å²) in [5.41, 5.74) is 3.61. The highest BCUT2D eigenvalue weighted by Gasteiger charge is 2.05. The van der Waals surface area contributed by atoms with Gasteiger partial charge in [0.05, 0.1) is 0 Å². The molecule has 2 heteroatoms. The summed E-state index contributed by atoms with van der Waals surface area (Å²) >= 11 is 0. The van der Waals surface area contributed by atoms with Crippen molar-refractivity contribution in [2.24, 2.45) is 0 Å². The predicted octanol–water partition coefficient (Wildman–Crippen LogP) is 4.61. The Morgan fingerprint density at radius 1 is 1.06 bits per heavy atom. The van der Waals surface area contributed by atoms with Gasteiger partial charge >= 0.3 is 0 Å². The van der Waals surface area contributed by atoms with Crippen LogP contribution in [0.25, 0.3) is 0 Å². The van der Waals surface area contributed by atoms with E-state index in [1.165, 1.54) is 11.1 Å². The van der Waals surface area contributed by atoms with Crippen molar-refractivity contribution in [2.75, 3.05) is 0 Å². The molecule has 1 heterocycles. The van der Waals surface area contributed by atoms with E-state index in [-0.39, 0.29) is 0 Å². The maximum absolute atomic E-state index is 5.81. The smallest absolute Gasteiger partial charge is 0.219 e. The van der Waals surface area contributed by atoms with Crippen molar-refractivity contribution in [1.82, 2.24) is 4.98 Å². The van der Waals surface area contributed by atoms with E-state index >= 15 is 0 Å². The predicted molar refractivity (Wildman–Crippen MR) is 74.3 cm³/mol. The SMILES string of the molecule is Cc1cccc(Oc2ccc(C(C)C)cn2)c1C. The van der Waals surface area contributed by atoms with Crippen LogP contribution in [-0.2, 0) is 0 Å². The maximum Gasteiger partial charge on any atom is 0.219 e. The molecule has 18 heavy (non-hydrogen) atoms. The minimum atomic E-state index is 0.493. The highest BCUT2D eigenvalue weighted by Crippen LogP contribution is 2.26. The van der Waals surface area contributed by atoms with Gasteiger partial charge in [0.2, 0.25) is 5.88 Å². The average Bonchev–Trinajstić information content (AvgIpc) is 2.36. The van der Waals surface area contributed by atoms with Crippen molar-refractivity contribution in [1.29, 1.82) is 0 Å². The summed E-state index contributed by atoms with van der Waals surface area (Å²) in [4.78, 5) is 4.34. The summed E-state index contributed by atoms with van der Waals surface area (Å²) in [5, 5.41) is 0. The van der Waals surface area contributed by atoms with E-state index < -0.39 is 0 Å². The van der Waals surface area contributed by atoms with Crippen LogP contribution in [0.15, 0.2) is 36.5 Å². The van der Waals surface area contributed by atoms with Crippen LogP contribution >= 0.6 is 0 Å². The highest BCUT2D eigenvalue weighted by atomic mass is 16.5. The van der Waals surface area contributed by atoms with Gasteiger partial charge in [-0.25, -0.2) is 4.98 Å².